The number of carbonyl (C=O) groups excluding carboxylic acids is 3. The van der Waals surface area contributed by atoms with E-state index < -0.39 is 18.1 Å². The Morgan fingerprint density at radius 3 is 1.28 bits per heavy atom. The first kappa shape index (κ1) is 60.0. The first-order chi connectivity index (χ1) is 31.1. The molecule has 0 fully saturated rings. The van der Waals surface area contributed by atoms with Gasteiger partial charge >= 0.3 is 11.9 Å². The minimum absolute atomic E-state index is 0.00950. The topological polar surface area (TPSA) is 102 Å². The number of rotatable bonds is 43. The highest BCUT2D eigenvalue weighted by Crippen LogP contribution is 2.14. The first-order valence-electron chi connectivity index (χ1n) is 24.9. The van der Waals surface area contributed by atoms with Gasteiger partial charge in [-0.2, -0.15) is 0 Å². The Morgan fingerprint density at radius 2 is 0.859 bits per heavy atom. The summed E-state index contributed by atoms with van der Waals surface area (Å²) < 4.78 is 17.1. The number of aliphatic carboxylic acids is 1. The van der Waals surface area contributed by atoms with Gasteiger partial charge in [0.2, 0.25) is 0 Å². The molecule has 0 bridgehead atoms. The lowest BCUT2D eigenvalue weighted by atomic mass is 10.0. The molecule has 0 aliphatic rings. The zero-order valence-corrected chi connectivity index (χ0v) is 41.2. The van der Waals surface area contributed by atoms with Gasteiger partial charge in [-0.05, 0) is 83.5 Å². The standard InChI is InChI=1S/C56H91NO7/c1-6-8-10-12-14-16-18-20-22-24-26-27-29-31-33-35-37-39-41-43-45-47-55(59)64-52(50-62-49-48-53(56(60)61)57(3,4)5)51-63-54(58)46-44-42-40-38-36-34-32-30-28-25-23-21-19-17-15-13-11-9-7-2/h8-11,14-17,20-23,28,30,34,36,40,42,52-53H,6-7,12-13,18-19,24-27,29,31-33,35,37-39,41,43-51H2,1-5H3/b10-8+,11-9+,16-14+,17-15+,22-20+,23-21+,30-28+,36-34+,42-40+. The smallest absolute Gasteiger partial charge is 0.306 e. The van der Waals surface area contributed by atoms with Crippen molar-refractivity contribution in [2.45, 2.75) is 187 Å². The molecule has 0 heterocycles. The van der Waals surface area contributed by atoms with E-state index in [2.05, 4.69) is 111 Å². The van der Waals surface area contributed by atoms with Gasteiger partial charge in [0.1, 0.15) is 12.6 Å². The summed E-state index contributed by atoms with van der Waals surface area (Å²) in [6.07, 6.45) is 62.8. The summed E-state index contributed by atoms with van der Waals surface area (Å²) >= 11 is 0. The van der Waals surface area contributed by atoms with Crippen LogP contribution in [0.1, 0.15) is 174 Å². The van der Waals surface area contributed by atoms with Crippen LogP contribution in [0.4, 0.5) is 0 Å². The highest BCUT2D eigenvalue weighted by atomic mass is 16.6. The van der Waals surface area contributed by atoms with Gasteiger partial charge in [0.15, 0.2) is 6.10 Å². The van der Waals surface area contributed by atoms with Crippen molar-refractivity contribution in [1.29, 1.82) is 0 Å². The van der Waals surface area contributed by atoms with Crippen LogP contribution in [0.25, 0.3) is 0 Å². The molecule has 0 aromatic carbocycles. The molecule has 0 rings (SSSR count). The molecule has 2 atom stereocenters. The van der Waals surface area contributed by atoms with Gasteiger partial charge in [-0.15, -0.1) is 0 Å². The lowest BCUT2D eigenvalue weighted by Crippen LogP contribution is -2.55. The van der Waals surface area contributed by atoms with Crippen LogP contribution in [-0.2, 0) is 28.6 Å². The largest absolute Gasteiger partial charge is 0.544 e. The van der Waals surface area contributed by atoms with E-state index >= 15 is 0 Å². The zero-order chi connectivity index (χ0) is 47.0. The van der Waals surface area contributed by atoms with Gasteiger partial charge in [-0.3, -0.25) is 9.59 Å². The number of hydrogen-bond acceptors (Lipinski definition) is 7. The van der Waals surface area contributed by atoms with Crippen molar-refractivity contribution in [3.8, 4) is 0 Å². The van der Waals surface area contributed by atoms with Crippen LogP contribution < -0.4 is 5.11 Å². The molecule has 0 spiro atoms. The molecule has 362 valence electrons. The number of nitrogens with zero attached hydrogens (tertiary/aromatic N) is 1. The van der Waals surface area contributed by atoms with Crippen molar-refractivity contribution < 1.29 is 38.2 Å². The summed E-state index contributed by atoms with van der Waals surface area (Å²) in [6.45, 7) is 4.35. The summed E-state index contributed by atoms with van der Waals surface area (Å²) in [5.74, 6) is -1.86. The molecule has 0 saturated heterocycles. The maximum atomic E-state index is 12.8. The second-order valence-electron chi connectivity index (χ2n) is 17.3. The average molecular weight is 890 g/mol. The number of carboxylic acids is 1. The average Bonchev–Trinajstić information content (AvgIpc) is 3.26. The second-order valence-corrected chi connectivity index (χ2v) is 17.3. The third kappa shape index (κ3) is 43.3. The molecule has 0 radical (unpaired) electrons. The first-order valence-corrected chi connectivity index (χ1v) is 24.9. The Bertz CT molecular complexity index is 1410. The van der Waals surface area contributed by atoms with E-state index in [1.165, 1.54) is 57.8 Å². The summed E-state index contributed by atoms with van der Waals surface area (Å²) in [5, 5.41) is 11.7. The minimum Gasteiger partial charge on any atom is -0.544 e. The van der Waals surface area contributed by atoms with Gasteiger partial charge < -0.3 is 28.6 Å². The fraction of sp³-hybridized carbons (Fsp3) is 0.625. The van der Waals surface area contributed by atoms with Gasteiger partial charge in [0, 0.05) is 19.3 Å². The number of hydrogen-bond donors (Lipinski definition) is 0. The van der Waals surface area contributed by atoms with Crippen LogP contribution in [0, 0.1) is 0 Å². The fourth-order valence-corrected chi connectivity index (χ4v) is 6.64. The van der Waals surface area contributed by atoms with Gasteiger partial charge in [-0.1, -0.05) is 181 Å². The monoisotopic (exact) mass is 890 g/mol. The number of unbranched alkanes of at least 4 members (excludes halogenated alkanes) is 11. The third-order valence-corrected chi connectivity index (χ3v) is 10.4. The summed E-state index contributed by atoms with van der Waals surface area (Å²) in [5.41, 5.74) is 0. The van der Waals surface area contributed by atoms with E-state index in [0.717, 1.165) is 77.0 Å². The summed E-state index contributed by atoms with van der Waals surface area (Å²) in [7, 11) is 5.38. The highest BCUT2D eigenvalue weighted by Gasteiger charge is 2.25. The predicted octanol–water partition coefficient (Wildman–Crippen LogP) is 13.1. The van der Waals surface area contributed by atoms with E-state index in [1.807, 2.05) is 12.2 Å². The maximum Gasteiger partial charge on any atom is 0.306 e. The molecule has 0 aromatic heterocycles. The second kappa shape index (κ2) is 45.6. The van der Waals surface area contributed by atoms with Crippen molar-refractivity contribution in [3.63, 3.8) is 0 Å². The van der Waals surface area contributed by atoms with E-state index in [0.29, 0.717) is 12.8 Å². The Balaban J connectivity index is 4.39. The molecule has 8 heteroatoms. The van der Waals surface area contributed by atoms with Crippen LogP contribution >= 0.6 is 0 Å². The Labute approximate surface area is 391 Å². The number of allylic oxidation sites excluding steroid dienone is 18. The van der Waals surface area contributed by atoms with Crippen LogP contribution in [0.2, 0.25) is 0 Å². The molecule has 0 N–H and O–H groups in total. The molecule has 0 aromatic rings. The van der Waals surface area contributed by atoms with Crippen LogP contribution in [0.15, 0.2) is 109 Å². The number of quaternary nitrogens is 1. The Hall–Kier alpha value is -4.01. The zero-order valence-electron chi connectivity index (χ0n) is 41.2. The van der Waals surface area contributed by atoms with E-state index in [9.17, 15) is 19.5 Å². The van der Waals surface area contributed by atoms with Crippen molar-refractivity contribution in [1.82, 2.24) is 0 Å². The van der Waals surface area contributed by atoms with Crippen molar-refractivity contribution in [3.05, 3.63) is 109 Å². The third-order valence-electron chi connectivity index (χ3n) is 10.4. The van der Waals surface area contributed by atoms with E-state index in [-0.39, 0.29) is 49.1 Å². The minimum atomic E-state index is -1.14. The molecular formula is C56H91NO7. The fourth-order valence-electron chi connectivity index (χ4n) is 6.64. The van der Waals surface area contributed by atoms with Gasteiger partial charge in [0.25, 0.3) is 0 Å². The van der Waals surface area contributed by atoms with Gasteiger partial charge in [0.05, 0.1) is 40.3 Å². The van der Waals surface area contributed by atoms with Crippen LogP contribution in [0.5, 0.6) is 0 Å². The Kier molecular flexibility index (Phi) is 42.7. The molecule has 8 nitrogen and oxygen atoms in total. The van der Waals surface area contributed by atoms with Crippen molar-refractivity contribution >= 4 is 17.9 Å². The maximum absolute atomic E-state index is 12.8. The number of carbonyl (C=O) groups is 3. The molecule has 0 saturated carbocycles. The predicted molar refractivity (Wildman–Crippen MR) is 268 cm³/mol. The van der Waals surface area contributed by atoms with Crippen molar-refractivity contribution in [2.75, 3.05) is 41.0 Å². The quantitative estimate of drug-likeness (QED) is 0.0260. The lowest BCUT2D eigenvalue weighted by molar-refractivity contribution is -0.889. The lowest BCUT2D eigenvalue weighted by Gasteiger charge is -2.34. The Morgan fingerprint density at radius 1 is 0.469 bits per heavy atom. The number of carboxylic acid groups (broad SMARTS) is 1. The molecule has 2 unspecified atom stereocenters. The SMILES string of the molecule is CC/C=C/C/C=C/C/C=C/C/C=C/C/C=C/C/C=C/CCC(=O)OCC(COCCC(C(=O)[O-])[N+](C)(C)C)OC(=O)CCCCCCCCCCCCC/C=C/C/C=C/C/C=C/CC. The normalized spacial score (nSPS) is 13.8. The molecule has 0 aliphatic carbocycles. The number of ether oxygens (including phenoxy) is 3. The van der Waals surface area contributed by atoms with Gasteiger partial charge in [-0.25, -0.2) is 0 Å². The molecule has 64 heavy (non-hydrogen) atoms. The molecule has 0 amide bonds. The van der Waals surface area contributed by atoms with E-state index in [4.69, 9.17) is 14.2 Å². The van der Waals surface area contributed by atoms with Crippen LogP contribution in [-0.4, -0.2) is 75.5 Å². The molecular weight excluding hydrogens is 799 g/mol. The molecule has 0 aliphatic heterocycles. The summed E-state index contributed by atoms with van der Waals surface area (Å²) in [6, 6.07) is -0.744. The summed E-state index contributed by atoms with van der Waals surface area (Å²) in [4.78, 5) is 37.0. The highest BCUT2D eigenvalue weighted by molar-refractivity contribution is 5.70. The number of esters is 2. The van der Waals surface area contributed by atoms with E-state index in [1.54, 1.807) is 21.1 Å². The number of likely N-dealkylation sites (N-methyl/N-ethyl adjacent to an activating group) is 1. The van der Waals surface area contributed by atoms with Crippen LogP contribution in [0.3, 0.4) is 0 Å². The van der Waals surface area contributed by atoms with Crippen molar-refractivity contribution in [2.24, 2.45) is 0 Å².